The van der Waals surface area contributed by atoms with Crippen molar-refractivity contribution in [3.63, 3.8) is 0 Å². The molecule has 1 aliphatic rings. The molecule has 1 fully saturated rings. The van der Waals surface area contributed by atoms with Crippen molar-refractivity contribution in [2.24, 2.45) is 0 Å². The van der Waals surface area contributed by atoms with Crippen molar-refractivity contribution >= 4 is 39.2 Å². The molecule has 0 unspecified atom stereocenters. The predicted octanol–water partition coefficient (Wildman–Crippen LogP) is 2.63. The second-order valence-electron chi connectivity index (χ2n) is 4.92. The number of esters is 2. The van der Waals surface area contributed by atoms with Gasteiger partial charge in [0.1, 0.15) is 0 Å². The highest BCUT2D eigenvalue weighted by atomic mass is 79.9. The van der Waals surface area contributed by atoms with Crippen LogP contribution in [0.3, 0.4) is 0 Å². The van der Waals surface area contributed by atoms with Gasteiger partial charge in [-0.25, -0.2) is 9.59 Å². The van der Waals surface area contributed by atoms with Crippen LogP contribution in [0.4, 0.5) is 15.8 Å². The number of nitro benzene ring substituents is 1. The van der Waals surface area contributed by atoms with Gasteiger partial charge in [0.05, 0.1) is 10.6 Å². The zero-order valence-corrected chi connectivity index (χ0v) is 13.5. The van der Waals surface area contributed by atoms with Crippen LogP contribution in [0.2, 0.25) is 0 Å². The molecule has 23 heavy (non-hydrogen) atoms. The zero-order valence-electron chi connectivity index (χ0n) is 11.9. The van der Waals surface area contributed by atoms with Crippen LogP contribution in [-0.4, -0.2) is 22.6 Å². The van der Waals surface area contributed by atoms with Gasteiger partial charge in [0, 0.05) is 30.6 Å². The van der Waals surface area contributed by atoms with Gasteiger partial charge >= 0.3 is 17.6 Å². The lowest BCUT2D eigenvalue weighted by Gasteiger charge is -2.29. The molecule has 8 nitrogen and oxygen atoms in total. The maximum Gasteiger partial charge on any atom is 0.350 e. The molecule has 0 atom stereocenters. The largest absolute Gasteiger partial charge is 0.419 e. The fourth-order valence-electron chi connectivity index (χ4n) is 1.72. The van der Waals surface area contributed by atoms with Crippen molar-refractivity contribution in [2.45, 2.75) is 19.6 Å². The number of nitrogens with zero attached hydrogens (tertiary/aromatic N) is 1. The summed E-state index contributed by atoms with van der Waals surface area (Å²) in [4.78, 5) is 33.3. The van der Waals surface area contributed by atoms with Gasteiger partial charge in [0.25, 0.3) is 5.79 Å². The molecular formula is C13H10BrFN2O6. The third-order valence-electron chi connectivity index (χ3n) is 2.72. The molecule has 0 amide bonds. The van der Waals surface area contributed by atoms with Crippen molar-refractivity contribution in [1.82, 2.24) is 0 Å². The summed E-state index contributed by atoms with van der Waals surface area (Å²) in [5.74, 6) is -4.22. The van der Waals surface area contributed by atoms with E-state index in [1.54, 1.807) is 0 Å². The van der Waals surface area contributed by atoms with Crippen LogP contribution in [0.15, 0.2) is 28.4 Å². The molecule has 1 N–H and O–H groups in total. The Morgan fingerprint density at radius 2 is 1.87 bits per heavy atom. The monoisotopic (exact) mass is 388 g/mol. The summed E-state index contributed by atoms with van der Waals surface area (Å²) in [5.41, 5.74) is -1.11. The first-order chi connectivity index (χ1) is 10.6. The second-order valence-corrected chi connectivity index (χ2v) is 5.78. The molecule has 1 aromatic carbocycles. The van der Waals surface area contributed by atoms with Crippen LogP contribution in [0.1, 0.15) is 13.8 Å². The van der Waals surface area contributed by atoms with Crippen molar-refractivity contribution in [3.8, 4) is 0 Å². The highest BCUT2D eigenvalue weighted by molar-refractivity contribution is 9.10. The molecule has 2 rings (SSSR count). The predicted molar refractivity (Wildman–Crippen MR) is 78.7 cm³/mol. The smallest absolute Gasteiger partial charge is 0.350 e. The van der Waals surface area contributed by atoms with Gasteiger partial charge in [0.2, 0.25) is 5.82 Å². The zero-order chi connectivity index (χ0) is 17.4. The number of carbonyl (C=O) groups is 2. The van der Waals surface area contributed by atoms with Crippen LogP contribution in [0.5, 0.6) is 0 Å². The van der Waals surface area contributed by atoms with Gasteiger partial charge in [-0.05, 0) is 22.0 Å². The van der Waals surface area contributed by atoms with Gasteiger partial charge in [-0.1, -0.05) is 0 Å². The molecule has 10 heteroatoms. The number of hydrogen-bond donors (Lipinski definition) is 1. The van der Waals surface area contributed by atoms with E-state index in [2.05, 4.69) is 21.2 Å². The fraction of sp³-hybridized carbons (Fsp3) is 0.231. The maximum absolute atomic E-state index is 13.4. The van der Waals surface area contributed by atoms with Crippen molar-refractivity contribution in [1.29, 1.82) is 0 Å². The normalized spacial score (nSPS) is 16.4. The Morgan fingerprint density at radius 1 is 1.30 bits per heavy atom. The van der Waals surface area contributed by atoms with Crippen LogP contribution in [0, 0.1) is 15.9 Å². The maximum atomic E-state index is 13.4. The number of rotatable bonds is 3. The van der Waals surface area contributed by atoms with Gasteiger partial charge in [-0.2, -0.15) is 4.39 Å². The molecule has 0 spiro atoms. The highest BCUT2D eigenvalue weighted by Crippen LogP contribution is 2.30. The number of nitro groups is 1. The first-order valence-electron chi connectivity index (χ1n) is 6.17. The molecular weight excluding hydrogens is 379 g/mol. The average molecular weight is 389 g/mol. The van der Waals surface area contributed by atoms with E-state index in [-0.39, 0.29) is 10.2 Å². The lowest BCUT2D eigenvalue weighted by Crippen LogP contribution is -2.42. The quantitative estimate of drug-likeness (QED) is 0.278. The number of halogens is 2. The van der Waals surface area contributed by atoms with Crippen LogP contribution >= 0.6 is 15.9 Å². The minimum Gasteiger partial charge on any atom is -0.419 e. The van der Waals surface area contributed by atoms with Crippen LogP contribution in [0.25, 0.3) is 0 Å². The molecule has 0 saturated carbocycles. The topological polar surface area (TPSA) is 108 Å². The van der Waals surface area contributed by atoms with Crippen molar-refractivity contribution < 1.29 is 28.4 Å². The number of ether oxygens (including phenoxy) is 2. The van der Waals surface area contributed by atoms with E-state index < -0.39 is 39.7 Å². The number of benzene rings is 1. The summed E-state index contributed by atoms with van der Waals surface area (Å²) in [6.07, 6.45) is 0.974. The van der Waals surface area contributed by atoms with E-state index in [4.69, 9.17) is 9.47 Å². The third-order valence-corrected chi connectivity index (χ3v) is 3.38. The minimum atomic E-state index is -1.37. The van der Waals surface area contributed by atoms with E-state index in [0.29, 0.717) is 0 Å². The van der Waals surface area contributed by atoms with E-state index in [1.165, 1.54) is 13.8 Å². The van der Waals surface area contributed by atoms with E-state index >= 15 is 0 Å². The molecule has 0 aromatic heterocycles. The van der Waals surface area contributed by atoms with Gasteiger partial charge in [0.15, 0.2) is 5.57 Å². The Morgan fingerprint density at radius 3 is 2.39 bits per heavy atom. The Labute approximate surface area is 137 Å². The summed E-state index contributed by atoms with van der Waals surface area (Å²) in [5, 5.41) is 13.2. The summed E-state index contributed by atoms with van der Waals surface area (Å²) in [6, 6.07) is 1.81. The van der Waals surface area contributed by atoms with E-state index in [9.17, 15) is 24.1 Å². The minimum absolute atomic E-state index is 0.0797. The number of nitrogens with one attached hydrogen (secondary N) is 1. The molecule has 1 aliphatic heterocycles. The standard InChI is InChI=1S/C13H10BrFN2O6/c1-13(2)22-11(18)6(12(19)23-13)5-16-9-4-10(17(20)21)8(15)3-7(9)14/h3-5,16H,1-2H3. The van der Waals surface area contributed by atoms with Crippen LogP contribution < -0.4 is 5.32 Å². The molecule has 1 aromatic rings. The number of anilines is 1. The number of cyclic esters (lactones) is 2. The lowest BCUT2D eigenvalue weighted by atomic mass is 10.2. The molecule has 1 saturated heterocycles. The lowest BCUT2D eigenvalue weighted by molar-refractivity contribution is -0.387. The molecule has 1 heterocycles. The summed E-state index contributed by atoms with van der Waals surface area (Å²) < 4.78 is 23.4. The van der Waals surface area contributed by atoms with Gasteiger partial charge in [-0.3, -0.25) is 10.1 Å². The molecule has 0 bridgehead atoms. The Hall–Kier alpha value is -2.49. The van der Waals surface area contributed by atoms with Gasteiger partial charge in [-0.15, -0.1) is 0 Å². The summed E-state index contributed by atoms with van der Waals surface area (Å²) in [7, 11) is 0. The van der Waals surface area contributed by atoms with Crippen molar-refractivity contribution in [2.75, 3.05) is 5.32 Å². The van der Waals surface area contributed by atoms with Crippen molar-refractivity contribution in [3.05, 3.63) is 44.3 Å². The fourth-order valence-corrected chi connectivity index (χ4v) is 2.15. The Balaban J connectivity index is 2.30. The SMILES string of the molecule is CC1(C)OC(=O)C(=CNc2cc([N+](=O)[O-])c(F)cc2Br)C(=O)O1. The van der Waals surface area contributed by atoms with Gasteiger partial charge < -0.3 is 14.8 Å². The summed E-state index contributed by atoms with van der Waals surface area (Å²) in [6.45, 7) is 2.79. The average Bonchev–Trinajstić information content (AvgIpc) is 2.37. The Bertz CT molecular complexity index is 724. The second kappa shape index (κ2) is 5.95. The first kappa shape index (κ1) is 16.9. The molecule has 0 radical (unpaired) electrons. The summed E-state index contributed by atoms with van der Waals surface area (Å²) >= 11 is 3.02. The number of carbonyl (C=O) groups excluding carboxylic acids is 2. The Kier molecular flexibility index (Phi) is 4.37. The van der Waals surface area contributed by atoms with Crippen LogP contribution in [-0.2, 0) is 19.1 Å². The highest BCUT2D eigenvalue weighted by Gasteiger charge is 2.39. The molecule has 122 valence electrons. The number of hydrogen-bond acceptors (Lipinski definition) is 7. The third kappa shape index (κ3) is 3.65. The van der Waals surface area contributed by atoms with E-state index in [1.807, 2.05) is 0 Å². The first-order valence-corrected chi connectivity index (χ1v) is 6.97. The molecule has 0 aliphatic carbocycles. The van der Waals surface area contributed by atoms with E-state index in [0.717, 1.165) is 18.3 Å².